The molecule has 5 heteroatoms. The average molecular weight is 248 g/mol. The zero-order valence-electron chi connectivity index (χ0n) is 9.94. The molecule has 0 saturated heterocycles. The Morgan fingerprint density at radius 1 is 1.41 bits per heavy atom. The van der Waals surface area contributed by atoms with Crippen LogP contribution in [0.5, 0.6) is 0 Å². The summed E-state index contributed by atoms with van der Waals surface area (Å²) in [6.45, 7) is 1.73. The molecule has 90 valence electrons. The molecular weight excluding hydrogens is 232 g/mol. The molecule has 0 spiro atoms. The van der Waals surface area contributed by atoms with Crippen LogP contribution in [-0.2, 0) is 33.0 Å². The van der Waals surface area contributed by atoms with E-state index in [4.69, 9.17) is 0 Å². The first kappa shape index (κ1) is 10.9. The van der Waals surface area contributed by atoms with Gasteiger partial charge in [0.2, 0.25) is 0 Å². The Hall–Kier alpha value is -1.20. The van der Waals surface area contributed by atoms with E-state index in [1.807, 2.05) is 24.6 Å². The summed E-state index contributed by atoms with van der Waals surface area (Å²) in [5.41, 5.74) is 2.57. The summed E-state index contributed by atoms with van der Waals surface area (Å²) in [6.07, 6.45) is 5.84. The summed E-state index contributed by atoms with van der Waals surface area (Å²) in [4.78, 5) is 3.04. The van der Waals surface area contributed by atoms with E-state index in [1.54, 1.807) is 15.1 Å². The summed E-state index contributed by atoms with van der Waals surface area (Å²) in [5.74, 6) is 0. The van der Waals surface area contributed by atoms with E-state index in [9.17, 15) is 0 Å². The van der Waals surface area contributed by atoms with Crippen LogP contribution in [0.15, 0.2) is 12.3 Å². The molecule has 1 aliphatic carbocycles. The van der Waals surface area contributed by atoms with Crippen molar-refractivity contribution in [3.05, 3.63) is 33.3 Å². The zero-order chi connectivity index (χ0) is 11.7. The molecule has 0 amide bonds. The Balaban J connectivity index is 1.54. The molecule has 2 aromatic rings. The molecule has 1 N–H and O–H groups in total. The molecule has 0 atom stereocenters. The van der Waals surface area contributed by atoms with Crippen LogP contribution in [0.25, 0.3) is 0 Å². The summed E-state index contributed by atoms with van der Waals surface area (Å²) in [5, 5.41) is 11.4. The van der Waals surface area contributed by atoms with Gasteiger partial charge in [-0.1, -0.05) is 5.21 Å². The van der Waals surface area contributed by atoms with E-state index >= 15 is 0 Å². The van der Waals surface area contributed by atoms with E-state index in [0.29, 0.717) is 0 Å². The fourth-order valence-electron chi connectivity index (χ4n) is 2.27. The molecule has 4 nitrogen and oxygen atoms in total. The molecule has 17 heavy (non-hydrogen) atoms. The standard InChI is InChI=1S/C12H16N4S/c1-16-8-10(14-15-16)6-13-7-11-5-9-3-2-4-12(9)17-11/h5,8,13H,2-4,6-7H2,1H3. The maximum absolute atomic E-state index is 4.05. The molecule has 0 saturated carbocycles. The maximum atomic E-state index is 4.05. The van der Waals surface area contributed by atoms with Gasteiger partial charge in [-0.05, 0) is 30.9 Å². The number of nitrogens with zero attached hydrogens (tertiary/aromatic N) is 3. The number of thiophene rings is 1. The predicted octanol–water partition coefficient (Wildman–Crippen LogP) is 1.66. The first-order valence-electron chi connectivity index (χ1n) is 5.97. The number of nitrogens with one attached hydrogen (secondary N) is 1. The van der Waals surface area contributed by atoms with Crippen LogP contribution < -0.4 is 5.32 Å². The maximum Gasteiger partial charge on any atom is 0.0964 e. The van der Waals surface area contributed by atoms with Gasteiger partial charge in [0.1, 0.15) is 0 Å². The van der Waals surface area contributed by atoms with Gasteiger partial charge >= 0.3 is 0 Å². The number of aromatic nitrogens is 3. The molecule has 3 rings (SSSR count). The lowest BCUT2D eigenvalue weighted by atomic mass is 10.2. The average Bonchev–Trinajstić information content (AvgIpc) is 2.94. The van der Waals surface area contributed by atoms with E-state index in [2.05, 4.69) is 21.7 Å². The van der Waals surface area contributed by atoms with Gasteiger partial charge in [0.15, 0.2) is 0 Å². The largest absolute Gasteiger partial charge is 0.306 e. The van der Waals surface area contributed by atoms with Crippen LogP contribution in [0.4, 0.5) is 0 Å². The Morgan fingerprint density at radius 2 is 2.35 bits per heavy atom. The summed E-state index contributed by atoms with van der Waals surface area (Å²) < 4.78 is 1.73. The molecule has 0 unspecified atom stereocenters. The minimum Gasteiger partial charge on any atom is -0.306 e. The second kappa shape index (κ2) is 4.58. The highest BCUT2D eigenvalue weighted by Crippen LogP contribution is 2.30. The van der Waals surface area contributed by atoms with Crippen LogP contribution in [0.2, 0.25) is 0 Å². The topological polar surface area (TPSA) is 42.7 Å². The SMILES string of the molecule is Cn1cc(CNCc2cc3c(s2)CCC3)nn1. The third kappa shape index (κ3) is 2.40. The van der Waals surface area contributed by atoms with Gasteiger partial charge in [-0.25, -0.2) is 0 Å². The van der Waals surface area contributed by atoms with Crippen molar-refractivity contribution >= 4 is 11.3 Å². The van der Waals surface area contributed by atoms with Gasteiger partial charge in [-0.3, -0.25) is 4.68 Å². The van der Waals surface area contributed by atoms with Crippen LogP contribution in [-0.4, -0.2) is 15.0 Å². The Labute approximate surface area is 105 Å². The number of hydrogen-bond donors (Lipinski definition) is 1. The van der Waals surface area contributed by atoms with Gasteiger partial charge < -0.3 is 5.32 Å². The molecule has 2 heterocycles. The van der Waals surface area contributed by atoms with Gasteiger partial charge in [-0.2, -0.15) is 0 Å². The first-order valence-corrected chi connectivity index (χ1v) is 6.79. The number of fused-ring (bicyclic) bond motifs is 1. The van der Waals surface area contributed by atoms with Crippen molar-refractivity contribution in [3.8, 4) is 0 Å². The normalized spacial score (nSPS) is 14.2. The fourth-order valence-corrected chi connectivity index (χ4v) is 3.50. The van der Waals surface area contributed by atoms with Crippen molar-refractivity contribution in [2.45, 2.75) is 32.4 Å². The van der Waals surface area contributed by atoms with Crippen LogP contribution in [0, 0.1) is 0 Å². The van der Waals surface area contributed by atoms with E-state index < -0.39 is 0 Å². The van der Waals surface area contributed by atoms with Gasteiger partial charge in [0.25, 0.3) is 0 Å². The second-order valence-electron chi connectivity index (χ2n) is 4.50. The quantitative estimate of drug-likeness (QED) is 0.894. The van der Waals surface area contributed by atoms with Gasteiger partial charge in [0.05, 0.1) is 5.69 Å². The van der Waals surface area contributed by atoms with Crippen molar-refractivity contribution < 1.29 is 0 Å². The lowest BCUT2D eigenvalue weighted by Gasteiger charge is -1.99. The molecule has 0 radical (unpaired) electrons. The van der Waals surface area contributed by atoms with Crippen LogP contribution in [0.3, 0.4) is 0 Å². The number of aryl methyl sites for hydroxylation is 3. The van der Waals surface area contributed by atoms with E-state index in [1.165, 1.54) is 24.1 Å². The third-order valence-electron chi connectivity index (χ3n) is 3.05. The molecule has 0 aliphatic heterocycles. The van der Waals surface area contributed by atoms with Gasteiger partial charge in [-0.15, -0.1) is 16.4 Å². The highest BCUT2D eigenvalue weighted by atomic mass is 32.1. The monoisotopic (exact) mass is 248 g/mol. The summed E-state index contributed by atoms with van der Waals surface area (Å²) in [6, 6.07) is 2.36. The zero-order valence-corrected chi connectivity index (χ0v) is 10.8. The first-order chi connectivity index (χ1) is 8.31. The second-order valence-corrected chi connectivity index (χ2v) is 5.72. The van der Waals surface area contributed by atoms with Crippen molar-refractivity contribution in [3.63, 3.8) is 0 Å². The number of rotatable bonds is 4. The minimum absolute atomic E-state index is 0.788. The van der Waals surface area contributed by atoms with Crippen molar-refractivity contribution in [2.24, 2.45) is 7.05 Å². The molecule has 0 bridgehead atoms. The number of hydrogen-bond acceptors (Lipinski definition) is 4. The van der Waals surface area contributed by atoms with Crippen molar-refractivity contribution in [2.75, 3.05) is 0 Å². The van der Waals surface area contributed by atoms with Crippen molar-refractivity contribution in [1.29, 1.82) is 0 Å². The minimum atomic E-state index is 0.788. The van der Waals surface area contributed by atoms with Crippen molar-refractivity contribution in [1.82, 2.24) is 20.3 Å². The molecule has 1 aliphatic rings. The van der Waals surface area contributed by atoms with E-state index in [-0.39, 0.29) is 0 Å². The lowest BCUT2D eigenvalue weighted by Crippen LogP contribution is -2.12. The summed E-state index contributed by atoms with van der Waals surface area (Å²) >= 11 is 1.96. The Kier molecular flexibility index (Phi) is 2.94. The van der Waals surface area contributed by atoms with Gasteiger partial charge in [0, 0.05) is 36.1 Å². The van der Waals surface area contributed by atoms with E-state index in [0.717, 1.165) is 18.8 Å². The smallest absolute Gasteiger partial charge is 0.0964 e. The highest BCUT2D eigenvalue weighted by Gasteiger charge is 2.14. The Morgan fingerprint density at radius 3 is 3.12 bits per heavy atom. The predicted molar refractivity (Wildman–Crippen MR) is 67.9 cm³/mol. The molecule has 0 fully saturated rings. The Bertz CT molecular complexity index is 493. The third-order valence-corrected chi connectivity index (χ3v) is 4.29. The van der Waals surface area contributed by atoms with Crippen LogP contribution in [0.1, 0.15) is 27.4 Å². The molecule has 0 aromatic carbocycles. The summed E-state index contributed by atoms with van der Waals surface area (Å²) in [7, 11) is 1.89. The molecular formula is C12H16N4S. The highest BCUT2D eigenvalue weighted by molar-refractivity contribution is 7.12. The van der Waals surface area contributed by atoms with Crippen LogP contribution >= 0.6 is 11.3 Å². The molecule has 2 aromatic heterocycles. The fraction of sp³-hybridized carbons (Fsp3) is 0.500. The lowest BCUT2D eigenvalue weighted by molar-refractivity contribution is 0.679.